The Morgan fingerprint density at radius 3 is 2.47 bits per heavy atom. The zero-order valence-electron chi connectivity index (χ0n) is 9.04. The number of halogens is 1. The van der Waals surface area contributed by atoms with E-state index in [9.17, 15) is 9.50 Å². The van der Waals surface area contributed by atoms with Gasteiger partial charge in [0.05, 0.1) is 5.60 Å². The van der Waals surface area contributed by atoms with Gasteiger partial charge in [-0.25, -0.2) is 4.39 Å². The second-order valence-electron chi connectivity index (χ2n) is 3.78. The van der Waals surface area contributed by atoms with Gasteiger partial charge in [-0.2, -0.15) is 0 Å². The lowest BCUT2D eigenvalue weighted by Crippen LogP contribution is -2.24. The molecular formula is C13H17FO. The highest BCUT2D eigenvalue weighted by Gasteiger charge is 2.26. The van der Waals surface area contributed by atoms with Crippen molar-refractivity contribution in [2.24, 2.45) is 0 Å². The summed E-state index contributed by atoms with van der Waals surface area (Å²) in [4.78, 5) is 0. The summed E-state index contributed by atoms with van der Waals surface area (Å²) in [5, 5.41) is 10.4. The van der Waals surface area contributed by atoms with Gasteiger partial charge < -0.3 is 5.11 Å². The van der Waals surface area contributed by atoms with Crippen molar-refractivity contribution in [2.75, 3.05) is 0 Å². The highest BCUT2D eigenvalue weighted by molar-refractivity contribution is 5.23. The second-order valence-corrected chi connectivity index (χ2v) is 3.78. The molecule has 0 bridgehead atoms. The molecule has 1 aromatic rings. The first-order chi connectivity index (χ1) is 7.12. The van der Waals surface area contributed by atoms with Gasteiger partial charge >= 0.3 is 0 Å². The van der Waals surface area contributed by atoms with E-state index in [1.54, 1.807) is 18.2 Å². The quantitative estimate of drug-likeness (QED) is 0.735. The minimum atomic E-state index is -0.899. The molecule has 0 aliphatic heterocycles. The van der Waals surface area contributed by atoms with Crippen LogP contribution < -0.4 is 0 Å². The highest BCUT2D eigenvalue weighted by Crippen LogP contribution is 2.30. The summed E-state index contributed by atoms with van der Waals surface area (Å²) in [6.45, 7) is 5.65. The van der Waals surface area contributed by atoms with Crippen LogP contribution in [-0.2, 0) is 5.60 Å². The van der Waals surface area contributed by atoms with Crippen LogP contribution in [0.15, 0.2) is 36.9 Å². The van der Waals surface area contributed by atoms with Crippen LogP contribution in [0, 0.1) is 5.82 Å². The lowest BCUT2D eigenvalue weighted by atomic mass is 9.86. The zero-order chi connectivity index (χ0) is 11.3. The molecule has 2 heteroatoms. The molecule has 1 N–H and O–H groups in total. The van der Waals surface area contributed by atoms with E-state index in [0.29, 0.717) is 12.8 Å². The lowest BCUT2D eigenvalue weighted by molar-refractivity contribution is 0.0297. The molecule has 0 spiro atoms. The summed E-state index contributed by atoms with van der Waals surface area (Å²) in [7, 11) is 0. The van der Waals surface area contributed by atoms with Crippen LogP contribution in [0.3, 0.4) is 0 Å². The molecule has 0 saturated carbocycles. The van der Waals surface area contributed by atoms with Gasteiger partial charge in [0, 0.05) is 0 Å². The fourth-order valence-corrected chi connectivity index (χ4v) is 1.78. The molecule has 1 unspecified atom stereocenters. The van der Waals surface area contributed by atoms with Gasteiger partial charge in [0.1, 0.15) is 5.82 Å². The SMILES string of the molecule is C=CCC(O)(CCC)c1ccc(F)cc1. The van der Waals surface area contributed by atoms with Crippen LogP contribution >= 0.6 is 0 Å². The van der Waals surface area contributed by atoms with E-state index >= 15 is 0 Å². The van der Waals surface area contributed by atoms with Crippen molar-refractivity contribution in [3.63, 3.8) is 0 Å². The molecule has 1 rings (SSSR count). The van der Waals surface area contributed by atoms with E-state index in [-0.39, 0.29) is 5.82 Å². The number of aliphatic hydroxyl groups is 1. The third kappa shape index (κ3) is 2.90. The van der Waals surface area contributed by atoms with Gasteiger partial charge in [0.2, 0.25) is 0 Å². The Bertz CT molecular complexity index is 318. The van der Waals surface area contributed by atoms with Gasteiger partial charge in [-0.05, 0) is 30.5 Å². The maximum atomic E-state index is 12.7. The van der Waals surface area contributed by atoms with Crippen molar-refractivity contribution in [3.05, 3.63) is 48.3 Å². The van der Waals surface area contributed by atoms with Crippen LogP contribution in [0.5, 0.6) is 0 Å². The van der Waals surface area contributed by atoms with Gasteiger partial charge in [-0.1, -0.05) is 31.6 Å². The summed E-state index contributed by atoms with van der Waals surface area (Å²) in [5.41, 5.74) is -0.143. The average Bonchev–Trinajstić information content (AvgIpc) is 2.19. The summed E-state index contributed by atoms with van der Waals surface area (Å²) >= 11 is 0. The van der Waals surface area contributed by atoms with Gasteiger partial charge in [-0.3, -0.25) is 0 Å². The fraction of sp³-hybridized carbons (Fsp3) is 0.385. The van der Waals surface area contributed by atoms with Crippen molar-refractivity contribution in [2.45, 2.75) is 31.8 Å². The normalized spacial score (nSPS) is 14.6. The first-order valence-corrected chi connectivity index (χ1v) is 5.21. The third-order valence-electron chi connectivity index (χ3n) is 2.53. The van der Waals surface area contributed by atoms with Crippen molar-refractivity contribution in [1.82, 2.24) is 0 Å². The number of hydrogen-bond acceptors (Lipinski definition) is 1. The fourth-order valence-electron chi connectivity index (χ4n) is 1.78. The molecule has 0 fully saturated rings. The molecule has 0 aromatic heterocycles. The summed E-state index contributed by atoms with van der Waals surface area (Å²) in [5.74, 6) is -0.281. The van der Waals surface area contributed by atoms with E-state index in [0.717, 1.165) is 12.0 Å². The van der Waals surface area contributed by atoms with Crippen LogP contribution in [0.25, 0.3) is 0 Å². The van der Waals surface area contributed by atoms with E-state index in [1.807, 2.05) is 6.92 Å². The van der Waals surface area contributed by atoms with Crippen LogP contribution in [0.4, 0.5) is 4.39 Å². The van der Waals surface area contributed by atoms with Gasteiger partial charge in [0.25, 0.3) is 0 Å². The van der Waals surface area contributed by atoms with Crippen molar-refractivity contribution in [3.8, 4) is 0 Å². The molecule has 0 amide bonds. The van der Waals surface area contributed by atoms with Crippen molar-refractivity contribution < 1.29 is 9.50 Å². The van der Waals surface area contributed by atoms with Gasteiger partial charge in [0.15, 0.2) is 0 Å². The molecular weight excluding hydrogens is 191 g/mol. The molecule has 82 valence electrons. The summed E-state index contributed by atoms with van der Waals surface area (Å²) in [6.07, 6.45) is 3.72. The monoisotopic (exact) mass is 208 g/mol. The van der Waals surface area contributed by atoms with Crippen molar-refractivity contribution in [1.29, 1.82) is 0 Å². The Morgan fingerprint density at radius 1 is 1.40 bits per heavy atom. The average molecular weight is 208 g/mol. The predicted octanol–water partition coefficient (Wildman–Crippen LogP) is 3.39. The smallest absolute Gasteiger partial charge is 0.123 e. The first-order valence-electron chi connectivity index (χ1n) is 5.21. The van der Waals surface area contributed by atoms with Crippen LogP contribution in [-0.4, -0.2) is 5.11 Å². The topological polar surface area (TPSA) is 20.2 Å². The molecule has 1 aromatic carbocycles. The van der Waals surface area contributed by atoms with Crippen LogP contribution in [0.2, 0.25) is 0 Å². The second kappa shape index (κ2) is 5.08. The molecule has 0 aliphatic rings. The zero-order valence-corrected chi connectivity index (χ0v) is 9.04. The standard InChI is InChI=1S/C13H17FO/c1-3-9-13(15,10-4-2)11-5-7-12(14)8-6-11/h3,5-8,15H,1,4,9-10H2,2H3. The van der Waals surface area contributed by atoms with Crippen molar-refractivity contribution >= 4 is 0 Å². The number of benzene rings is 1. The number of hydrogen-bond donors (Lipinski definition) is 1. The van der Waals surface area contributed by atoms with E-state index in [4.69, 9.17) is 0 Å². The Labute approximate surface area is 90.3 Å². The third-order valence-corrected chi connectivity index (χ3v) is 2.53. The maximum absolute atomic E-state index is 12.7. The lowest BCUT2D eigenvalue weighted by Gasteiger charge is -2.27. The Kier molecular flexibility index (Phi) is 4.04. The van der Waals surface area contributed by atoms with E-state index in [1.165, 1.54) is 12.1 Å². The Hall–Kier alpha value is -1.15. The predicted molar refractivity (Wildman–Crippen MR) is 60.0 cm³/mol. The largest absolute Gasteiger partial charge is 0.385 e. The molecule has 15 heavy (non-hydrogen) atoms. The summed E-state index contributed by atoms with van der Waals surface area (Å²) < 4.78 is 12.7. The molecule has 0 saturated heterocycles. The molecule has 0 heterocycles. The minimum Gasteiger partial charge on any atom is -0.385 e. The highest BCUT2D eigenvalue weighted by atomic mass is 19.1. The number of rotatable bonds is 5. The van der Waals surface area contributed by atoms with Gasteiger partial charge in [-0.15, -0.1) is 6.58 Å². The van der Waals surface area contributed by atoms with E-state index < -0.39 is 5.60 Å². The first kappa shape index (κ1) is 11.9. The molecule has 0 aliphatic carbocycles. The molecule has 1 nitrogen and oxygen atoms in total. The molecule has 0 radical (unpaired) electrons. The Balaban J connectivity index is 2.97. The van der Waals surface area contributed by atoms with Crippen LogP contribution in [0.1, 0.15) is 31.7 Å². The van der Waals surface area contributed by atoms with E-state index in [2.05, 4.69) is 6.58 Å². The molecule has 1 atom stereocenters. The maximum Gasteiger partial charge on any atom is 0.123 e. The minimum absolute atomic E-state index is 0.281. The Morgan fingerprint density at radius 2 is 2.00 bits per heavy atom. The summed E-state index contributed by atoms with van der Waals surface area (Å²) in [6, 6.07) is 6.01.